The molecule has 8 nitrogen and oxygen atoms in total. The number of rotatable bonds is 7. The monoisotopic (exact) mass is 497 g/mol. The first-order valence-electron chi connectivity index (χ1n) is 10.2. The first kappa shape index (κ1) is 23.5. The fraction of sp³-hybridized carbons (Fsp3) is 0.125. The predicted molar refractivity (Wildman–Crippen MR) is 132 cm³/mol. The summed E-state index contributed by atoms with van der Waals surface area (Å²) in [6.45, 7) is 2.40. The Balaban J connectivity index is 1.63. The number of furan rings is 1. The van der Waals surface area contributed by atoms with Crippen LogP contribution in [0.5, 0.6) is 17.2 Å². The number of hydrogen-bond donors (Lipinski definition) is 2. The Bertz CT molecular complexity index is 1290. The van der Waals surface area contributed by atoms with Gasteiger partial charge in [-0.15, -0.1) is 5.10 Å². The number of halogens is 1. The number of ether oxygens (including phenoxy) is 1. The summed E-state index contributed by atoms with van der Waals surface area (Å²) in [5, 5.41) is 29.1. The predicted octanol–water partition coefficient (Wildman–Crippen LogP) is 5.25. The number of nitrogens with zero attached hydrogens (tertiary/aromatic N) is 3. The SMILES string of the molecule is CCOc1cc(/C=N/N=C2\S/C(=C\c3cc(Cl)ccc3O)C(=O)N2Cc2ccco2)ccc1O. The van der Waals surface area contributed by atoms with Gasteiger partial charge in [0.15, 0.2) is 16.7 Å². The number of phenolic OH excluding ortho intramolecular Hbond substituents is 2. The molecule has 174 valence electrons. The fourth-order valence-corrected chi connectivity index (χ4v) is 4.20. The van der Waals surface area contributed by atoms with E-state index in [-0.39, 0.29) is 24.0 Å². The van der Waals surface area contributed by atoms with Crippen molar-refractivity contribution in [2.75, 3.05) is 6.61 Å². The molecule has 0 aliphatic carbocycles. The maximum absolute atomic E-state index is 13.1. The molecule has 1 amide bonds. The van der Waals surface area contributed by atoms with Crippen molar-refractivity contribution in [1.82, 2.24) is 4.90 Å². The van der Waals surface area contributed by atoms with Gasteiger partial charge in [0, 0.05) is 10.6 Å². The number of carbonyl (C=O) groups excluding carboxylic acids is 1. The number of aromatic hydroxyl groups is 2. The fourth-order valence-electron chi connectivity index (χ4n) is 3.09. The van der Waals surface area contributed by atoms with Crippen molar-refractivity contribution in [3.05, 3.63) is 81.6 Å². The summed E-state index contributed by atoms with van der Waals surface area (Å²) in [6, 6.07) is 12.9. The minimum atomic E-state index is -0.307. The van der Waals surface area contributed by atoms with Crippen LogP contribution in [0.4, 0.5) is 0 Å². The molecule has 1 aliphatic heterocycles. The maximum Gasteiger partial charge on any atom is 0.267 e. The molecule has 0 spiro atoms. The maximum atomic E-state index is 13.1. The van der Waals surface area contributed by atoms with Crippen molar-refractivity contribution < 1.29 is 24.2 Å². The Morgan fingerprint density at radius 1 is 1.18 bits per heavy atom. The third-order valence-corrected chi connectivity index (χ3v) is 5.92. The van der Waals surface area contributed by atoms with Crippen LogP contribution in [-0.4, -0.2) is 39.0 Å². The van der Waals surface area contributed by atoms with Crippen LogP contribution in [-0.2, 0) is 11.3 Å². The highest BCUT2D eigenvalue weighted by Crippen LogP contribution is 2.35. The molecule has 0 bridgehead atoms. The Morgan fingerprint density at radius 2 is 2.00 bits per heavy atom. The molecule has 0 unspecified atom stereocenters. The number of carbonyl (C=O) groups is 1. The Kier molecular flexibility index (Phi) is 7.24. The quantitative estimate of drug-likeness (QED) is 0.262. The molecule has 0 radical (unpaired) electrons. The molecule has 3 aromatic rings. The van der Waals surface area contributed by atoms with Crippen LogP contribution >= 0.6 is 23.4 Å². The Morgan fingerprint density at radius 3 is 2.76 bits per heavy atom. The Labute approximate surface area is 204 Å². The van der Waals surface area contributed by atoms with E-state index in [0.717, 1.165) is 11.8 Å². The summed E-state index contributed by atoms with van der Waals surface area (Å²) in [6.07, 6.45) is 4.58. The molecule has 1 saturated heterocycles. The summed E-state index contributed by atoms with van der Waals surface area (Å²) in [5.74, 6) is 0.653. The van der Waals surface area contributed by atoms with E-state index in [1.165, 1.54) is 29.5 Å². The van der Waals surface area contributed by atoms with Gasteiger partial charge in [0.25, 0.3) is 5.91 Å². The highest BCUT2D eigenvalue weighted by Gasteiger charge is 2.34. The second-order valence-corrected chi connectivity index (χ2v) is 8.52. The van der Waals surface area contributed by atoms with E-state index in [1.54, 1.807) is 42.5 Å². The van der Waals surface area contributed by atoms with Crippen molar-refractivity contribution in [3.8, 4) is 17.2 Å². The van der Waals surface area contributed by atoms with E-state index in [9.17, 15) is 15.0 Å². The average Bonchev–Trinajstić information content (AvgIpc) is 3.43. The van der Waals surface area contributed by atoms with Crippen molar-refractivity contribution in [1.29, 1.82) is 0 Å². The van der Waals surface area contributed by atoms with E-state index in [0.29, 0.717) is 44.3 Å². The van der Waals surface area contributed by atoms with Gasteiger partial charge in [0.05, 0.1) is 30.5 Å². The first-order valence-corrected chi connectivity index (χ1v) is 11.4. The lowest BCUT2D eigenvalue weighted by Crippen LogP contribution is -2.28. The third kappa shape index (κ3) is 5.44. The second-order valence-electron chi connectivity index (χ2n) is 7.07. The number of hydrogen-bond acceptors (Lipinski definition) is 8. The minimum absolute atomic E-state index is 0.00345. The van der Waals surface area contributed by atoms with E-state index in [1.807, 2.05) is 6.92 Å². The lowest BCUT2D eigenvalue weighted by atomic mass is 10.2. The number of amides is 1. The lowest BCUT2D eigenvalue weighted by molar-refractivity contribution is -0.122. The highest BCUT2D eigenvalue weighted by atomic mass is 35.5. The van der Waals surface area contributed by atoms with Crippen LogP contribution in [0.1, 0.15) is 23.8 Å². The smallest absolute Gasteiger partial charge is 0.267 e. The molecular weight excluding hydrogens is 478 g/mol. The summed E-state index contributed by atoms with van der Waals surface area (Å²) < 4.78 is 10.8. The molecular formula is C24H20ClN3O5S. The first-order chi connectivity index (χ1) is 16.4. The molecule has 1 aliphatic rings. The third-order valence-electron chi connectivity index (χ3n) is 4.69. The average molecular weight is 498 g/mol. The molecule has 1 fully saturated rings. The molecule has 0 atom stereocenters. The summed E-state index contributed by atoms with van der Waals surface area (Å²) >= 11 is 7.16. The second kappa shape index (κ2) is 10.5. The van der Waals surface area contributed by atoms with Gasteiger partial charge in [0.1, 0.15) is 11.5 Å². The van der Waals surface area contributed by atoms with Gasteiger partial charge < -0.3 is 19.4 Å². The van der Waals surface area contributed by atoms with Gasteiger partial charge in [-0.3, -0.25) is 9.69 Å². The molecule has 0 saturated carbocycles. The van der Waals surface area contributed by atoms with Gasteiger partial charge in [-0.05, 0) is 78.9 Å². The molecule has 4 rings (SSSR count). The van der Waals surface area contributed by atoms with Crippen LogP contribution in [0.3, 0.4) is 0 Å². The zero-order valence-electron chi connectivity index (χ0n) is 18.0. The minimum Gasteiger partial charge on any atom is -0.507 e. The van der Waals surface area contributed by atoms with Gasteiger partial charge in [-0.2, -0.15) is 5.10 Å². The van der Waals surface area contributed by atoms with Crippen molar-refractivity contribution in [2.24, 2.45) is 10.2 Å². The van der Waals surface area contributed by atoms with Crippen LogP contribution < -0.4 is 4.74 Å². The number of thioether (sulfide) groups is 1. The molecule has 1 aromatic heterocycles. The van der Waals surface area contributed by atoms with Gasteiger partial charge in [-0.1, -0.05) is 11.6 Å². The van der Waals surface area contributed by atoms with E-state index in [2.05, 4.69) is 10.2 Å². The Hall–Kier alpha value is -3.69. The van der Waals surface area contributed by atoms with Crippen LogP contribution in [0.2, 0.25) is 5.02 Å². The summed E-state index contributed by atoms with van der Waals surface area (Å²) in [7, 11) is 0. The van der Waals surface area contributed by atoms with Gasteiger partial charge in [-0.25, -0.2) is 0 Å². The van der Waals surface area contributed by atoms with E-state index < -0.39 is 0 Å². The van der Waals surface area contributed by atoms with Gasteiger partial charge >= 0.3 is 0 Å². The van der Waals surface area contributed by atoms with Crippen molar-refractivity contribution in [3.63, 3.8) is 0 Å². The molecule has 10 heteroatoms. The normalized spacial score (nSPS) is 16.3. The zero-order chi connectivity index (χ0) is 24.1. The largest absolute Gasteiger partial charge is 0.507 e. The molecule has 2 aromatic carbocycles. The standard InChI is InChI=1S/C24H20ClN3O5S/c1-2-32-21-10-15(5-7-20(21)30)13-26-27-24-28(14-18-4-3-9-33-18)23(31)22(34-24)12-16-11-17(25)6-8-19(16)29/h3-13,29-30H,2,14H2,1H3/b22-12-,26-13+,27-24-. The van der Waals surface area contributed by atoms with Crippen LogP contribution in [0.15, 0.2) is 74.3 Å². The lowest BCUT2D eigenvalue weighted by Gasteiger charge is -2.12. The van der Waals surface area contributed by atoms with Crippen molar-refractivity contribution >= 4 is 46.7 Å². The highest BCUT2D eigenvalue weighted by molar-refractivity contribution is 8.18. The molecule has 2 heterocycles. The summed E-state index contributed by atoms with van der Waals surface area (Å²) in [5.41, 5.74) is 1.08. The van der Waals surface area contributed by atoms with E-state index >= 15 is 0 Å². The molecule has 2 N–H and O–H groups in total. The zero-order valence-corrected chi connectivity index (χ0v) is 19.6. The van der Waals surface area contributed by atoms with Crippen molar-refractivity contribution in [2.45, 2.75) is 13.5 Å². The van der Waals surface area contributed by atoms with E-state index in [4.69, 9.17) is 20.8 Å². The van der Waals surface area contributed by atoms with Crippen LogP contribution in [0, 0.1) is 0 Å². The number of amidine groups is 1. The topological polar surface area (TPSA) is 108 Å². The van der Waals surface area contributed by atoms with Gasteiger partial charge in [0.2, 0.25) is 0 Å². The van der Waals surface area contributed by atoms with Crippen LogP contribution in [0.25, 0.3) is 6.08 Å². The molecule has 34 heavy (non-hydrogen) atoms. The number of phenols is 2. The number of benzene rings is 2. The summed E-state index contributed by atoms with van der Waals surface area (Å²) in [4.78, 5) is 14.9.